The van der Waals surface area contributed by atoms with Crippen molar-refractivity contribution in [3.8, 4) is 5.69 Å². The van der Waals surface area contributed by atoms with E-state index in [0.717, 1.165) is 16.9 Å². The van der Waals surface area contributed by atoms with E-state index in [2.05, 4.69) is 10.4 Å². The maximum atomic E-state index is 13.1. The monoisotopic (exact) mass is 332 g/mol. The second-order valence-corrected chi connectivity index (χ2v) is 7.15. The first-order valence-electron chi connectivity index (χ1n) is 7.97. The third-order valence-corrected chi connectivity index (χ3v) is 4.16. The SMILES string of the molecule is Cc1c(C(C)NC(=O)[C@@H](N)C(C)(C)C)cnn1-c1ccc(F)cc1. The fourth-order valence-electron chi connectivity index (χ4n) is 2.46. The second-order valence-electron chi connectivity index (χ2n) is 7.15. The van der Waals surface area contributed by atoms with Crippen LogP contribution in [0.5, 0.6) is 0 Å². The van der Waals surface area contributed by atoms with Crippen LogP contribution in [0.1, 0.15) is 45.0 Å². The van der Waals surface area contributed by atoms with Gasteiger partial charge in [0, 0.05) is 11.3 Å². The highest BCUT2D eigenvalue weighted by molar-refractivity contribution is 5.82. The zero-order chi connectivity index (χ0) is 18.1. The van der Waals surface area contributed by atoms with E-state index in [-0.39, 0.29) is 23.2 Å². The first-order valence-corrected chi connectivity index (χ1v) is 7.97. The molecule has 0 saturated heterocycles. The summed E-state index contributed by atoms with van der Waals surface area (Å²) >= 11 is 0. The Morgan fingerprint density at radius 3 is 2.42 bits per heavy atom. The van der Waals surface area contributed by atoms with Gasteiger partial charge in [-0.25, -0.2) is 9.07 Å². The third-order valence-electron chi connectivity index (χ3n) is 4.16. The molecule has 3 N–H and O–H groups in total. The number of carbonyl (C=O) groups is 1. The van der Waals surface area contributed by atoms with Gasteiger partial charge in [0.2, 0.25) is 5.91 Å². The molecule has 0 radical (unpaired) electrons. The molecular weight excluding hydrogens is 307 g/mol. The number of hydrogen-bond acceptors (Lipinski definition) is 3. The van der Waals surface area contributed by atoms with Gasteiger partial charge in [-0.3, -0.25) is 4.79 Å². The molecule has 0 aliphatic rings. The van der Waals surface area contributed by atoms with Crippen LogP contribution in [0, 0.1) is 18.2 Å². The van der Waals surface area contributed by atoms with Crippen molar-refractivity contribution in [3.63, 3.8) is 0 Å². The van der Waals surface area contributed by atoms with Crippen LogP contribution in [0.15, 0.2) is 30.5 Å². The third kappa shape index (κ3) is 3.82. The average Bonchev–Trinajstić information content (AvgIpc) is 2.88. The molecule has 0 bridgehead atoms. The Labute approximate surface area is 142 Å². The number of nitrogens with one attached hydrogen (secondary N) is 1. The molecule has 2 atom stereocenters. The number of nitrogens with two attached hydrogens (primary N) is 1. The Morgan fingerprint density at radius 2 is 1.88 bits per heavy atom. The number of rotatable bonds is 4. The lowest BCUT2D eigenvalue weighted by atomic mass is 9.86. The van der Waals surface area contributed by atoms with E-state index >= 15 is 0 Å². The van der Waals surface area contributed by atoms with Crippen molar-refractivity contribution in [2.24, 2.45) is 11.1 Å². The predicted octanol–water partition coefficient (Wildman–Crippen LogP) is 2.87. The molecule has 0 aliphatic carbocycles. The number of nitrogens with zero attached hydrogens (tertiary/aromatic N) is 2. The molecule has 1 heterocycles. The highest BCUT2D eigenvalue weighted by Gasteiger charge is 2.29. The molecule has 0 saturated carbocycles. The van der Waals surface area contributed by atoms with Gasteiger partial charge in [0.15, 0.2) is 0 Å². The molecule has 1 aromatic heterocycles. The summed E-state index contributed by atoms with van der Waals surface area (Å²) in [7, 11) is 0. The summed E-state index contributed by atoms with van der Waals surface area (Å²) in [5.41, 5.74) is 8.25. The van der Waals surface area contributed by atoms with Crippen LogP contribution in [0.4, 0.5) is 4.39 Å². The Kier molecular flexibility index (Phi) is 5.08. The van der Waals surface area contributed by atoms with Gasteiger partial charge in [-0.1, -0.05) is 20.8 Å². The molecule has 0 fully saturated rings. The van der Waals surface area contributed by atoms with Crippen molar-refractivity contribution < 1.29 is 9.18 Å². The molecule has 6 heteroatoms. The highest BCUT2D eigenvalue weighted by Crippen LogP contribution is 2.22. The van der Waals surface area contributed by atoms with Crippen LogP contribution in [0.3, 0.4) is 0 Å². The van der Waals surface area contributed by atoms with Crippen LogP contribution >= 0.6 is 0 Å². The van der Waals surface area contributed by atoms with Crippen LogP contribution in [-0.2, 0) is 4.79 Å². The van der Waals surface area contributed by atoms with Crippen LogP contribution < -0.4 is 11.1 Å². The molecule has 1 amide bonds. The van der Waals surface area contributed by atoms with Gasteiger partial charge in [0.1, 0.15) is 5.82 Å². The number of carbonyl (C=O) groups excluding carboxylic acids is 1. The maximum absolute atomic E-state index is 13.1. The molecule has 5 nitrogen and oxygen atoms in total. The van der Waals surface area contributed by atoms with E-state index in [1.807, 2.05) is 34.6 Å². The molecule has 130 valence electrons. The quantitative estimate of drug-likeness (QED) is 0.904. The lowest BCUT2D eigenvalue weighted by molar-refractivity contribution is -0.125. The predicted molar refractivity (Wildman–Crippen MR) is 92.2 cm³/mol. The lowest BCUT2D eigenvalue weighted by Gasteiger charge is -2.27. The fourth-order valence-corrected chi connectivity index (χ4v) is 2.46. The van der Waals surface area contributed by atoms with Gasteiger partial charge < -0.3 is 11.1 Å². The zero-order valence-corrected chi connectivity index (χ0v) is 14.8. The van der Waals surface area contributed by atoms with Crippen molar-refractivity contribution >= 4 is 5.91 Å². The number of hydrogen-bond donors (Lipinski definition) is 2. The first-order chi connectivity index (χ1) is 11.1. The zero-order valence-electron chi connectivity index (χ0n) is 14.8. The van der Waals surface area contributed by atoms with Gasteiger partial charge >= 0.3 is 0 Å². The van der Waals surface area contributed by atoms with Gasteiger partial charge in [-0.2, -0.15) is 5.10 Å². The van der Waals surface area contributed by atoms with E-state index < -0.39 is 6.04 Å². The van der Waals surface area contributed by atoms with E-state index in [0.29, 0.717) is 0 Å². The summed E-state index contributed by atoms with van der Waals surface area (Å²) in [5, 5.41) is 7.29. The smallest absolute Gasteiger partial charge is 0.237 e. The van der Waals surface area contributed by atoms with Gasteiger partial charge in [-0.15, -0.1) is 0 Å². The van der Waals surface area contributed by atoms with Crippen molar-refractivity contribution in [1.82, 2.24) is 15.1 Å². The topological polar surface area (TPSA) is 72.9 Å². The molecule has 0 aliphatic heterocycles. The minimum atomic E-state index is -0.590. The maximum Gasteiger partial charge on any atom is 0.237 e. The van der Waals surface area contributed by atoms with E-state index in [1.54, 1.807) is 23.0 Å². The lowest BCUT2D eigenvalue weighted by Crippen LogP contribution is -2.49. The van der Waals surface area contributed by atoms with Crippen LogP contribution in [0.25, 0.3) is 5.69 Å². The summed E-state index contributed by atoms with van der Waals surface area (Å²) in [6.07, 6.45) is 1.71. The molecule has 24 heavy (non-hydrogen) atoms. The number of amides is 1. The summed E-state index contributed by atoms with van der Waals surface area (Å²) < 4.78 is 14.8. The molecule has 1 unspecified atom stereocenters. The van der Waals surface area contributed by atoms with Gasteiger partial charge in [0.25, 0.3) is 0 Å². The fraction of sp³-hybridized carbons (Fsp3) is 0.444. The summed E-state index contributed by atoms with van der Waals surface area (Å²) in [6, 6.07) is 5.30. The first kappa shape index (κ1) is 18.1. The summed E-state index contributed by atoms with van der Waals surface area (Å²) in [5.74, 6) is -0.482. The Bertz CT molecular complexity index is 716. The van der Waals surface area contributed by atoms with Crippen molar-refractivity contribution in [3.05, 3.63) is 47.5 Å². The number of halogens is 1. The average molecular weight is 332 g/mol. The normalized spacial score (nSPS) is 14.3. The largest absolute Gasteiger partial charge is 0.348 e. The van der Waals surface area contributed by atoms with Crippen molar-refractivity contribution in [2.75, 3.05) is 0 Å². The molecule has 2 aromatic rings. The second kappa shape index (κ2) is 6.73. The van der Waals surface area contributed by atoms with E-state index in [1.165, 1.54) is 12.1 Å². The summed E-state index contributed by atoms with van der Waals surface area (Å²) in [6.45, 7) is 9.60. The van der Waals surface area contributed by atoms with Crippen molar-refractivity contribution in [1.29, 1.82) is 0 Å². The Morgan fingerprint density at radius 1 is 1.29 bits per heavy atom. The van der Waals surface area contributed by atoms with Gasteiger partial charge in [-0.05, 0) is 43.5 Å². The Hall–Kier alpha value is -2.21. The molecule has 0 spiro atoms. The summed E-state index contributed by atoms with van der Waals surface area (Å²) in [4.78, 5) is 12.3. The number of benzene rings is 1. The molecule has 1 aromatic carbocycles. The molecule has 2 rings (SSSR count). The minimum absolute atomic E-state index is 0.191. The van der Waals surface area contributed by atoms with Gasteiger partial charge in [0.05, 0.1) is 24.0 Å². The van der Waals surface area contributed by atoms with E-state index in [4.69, 9.17) is 5.73 Å². The van der Waals surface area contributed by atoms with Crippen LogP contribution in [-0.4, -0.2) is 21.7 Å². The highest BCUT2D eigenvalue weighted by atomic mass is 19.1. The standard InChI is InChI=1S/C18H25FN4O/c1-11(22-17(24)16(20)18(3,4)5)15-10-21-23(12(15)2)14-8-6-13(19)7-9-14/h6-11,16H,20H2,1-5H3,(H,22,24)/t11?,16-/m1/s1. The molecular formula is C18H25FN4O. The van der Waals surface area contributed by atoms with Crippen molar-refractivity contribution in [2.45, 2.75) is 46.7 Å². The Balaban J connectivity index is 2.18. The number of aromatic nitrogens is 2. The minimum Gasteiger partial charge on any atom is -0.348 e. The van der Waals surface area contributed by atoms with E-state index in [9.17, 15) is 9.18 Å². The van der Waals surface area contributed by atoms with Crippen LogP contribution in [0.2, 0.25) is 0 Å².